The number of aromatic nitrogens is 1. The van der Waals surface area contributed by atoms with E-state index in [4.69, 9.17) is 0 Å². The van der Waals surface area contributed by atoms with Crippen molar-refractivity contribution in [3.8, 4) is 0 Å². The van der Waals surface area contributed by atoms with Gasteiger partial charge < -0.3 is 4.90 Å². The summed E-state index contributed by atoms with van der Waals surface area (Å²) in [7, 11) is 0. The largest absolute Gasteiger partial charge is 0.343 e. The van der Waals surface area contributed by atoms with E-state index in [0.717, 1.165) is 31.0 Å². The fourth-order valence-corrected chi connectivity index (χ4v) is 2.75. The normalized spacial score (nSPS) is 24.1. The molecular formula is C13H17N3O. The van der Waals surface area contributed by atoms with Crippen molar-refractivity contribution in [3.63, 3.8) is 0 Å². The maximum atomic E-state index is 12.3. The van der Waals surface area contributed by atoms with Crippen molar-refractivity contribution in [3.05, 3.63) is 23.9 Å². The third-order valence-corrected chi connectivity index (χ3v) is 3.77. The zero-order chi connectivity index (χ0) is 12.0. The van der Waals surface area contributed by atoms with Crippen molar-refractivity contribution in [1.29, 1.82) is 0 Å². The molecule has 90 valence electrons. The van der Waals surface area contributed by atoms with E-state index in [1.807, 2.05) is 12.1 Å². The molecule has 4 nitrogen and oxygen atoms in total. The molecule has 0 N–H and O–H groups in total. The first-order chi connectivity index (χ1) is 8.18. The summed E-state index contributed by atoms with van der Waals surface area (Å²) in [4.78, 5) is 21.2. The zero-order valence-electron chi connectivity index (χ0n) is 10.3. The van der Waals surface area contributed by atoms with E-state index in [1.54, 1.807) is 6.20 Å². The second kappa shape index (κ2) is 3.81. The molecule has 1 fully saturated rings. The first-order valence-electron chi connectivity index (χ1n) is 6.18. The molecule has 1 atom stereocenters. The van der Waals surface area contributed by atoms with Crippen LogP contribution in [0.3, 0.4) is 0 Å². The lowest BCUT2D eigenvalue weighted by molar-refractivity contribution is 0.0910. The van der Waals surface area contributed by atoms with Crippen LogP contribution >= 0.6 is 0 Å². The highest BCUT2D eigenvalue weighted by Gasteiger charge is 2.41. The van der Waals surface area contributed by atoms with Gasteiger partial charge in [0.1, 0.15) is 11.9 Å². The topological polar surface area (TPSA) is 36.4 Å². The van der Waals surface area contributed by atoms with Gasteiger partial charge in [-0.2, -0.15) is 0 Å². The number of anilines is 1. The van der Waals surface area contributed by atoms with E-state index in [-0.39, 0.29) is 11.8 Å². The molecule has 0 aromatic carbocycles. The number of hydrogen-bond donors (Lipinski definition) is 0. The predicted octanol–water partition coefficient (Wildman–Crippen LogP) is 1.18. The summed E-state index contributed by atoms with van der Waals surface area (Å²) in [6.07, 6.45) is 1.77. The van der Waals surface area contributed by atoms with E-state index in [2.05, 4.69) is 28.6 Å². The molecule has 2 aliphatic heterocycles. The SMILES string of the molecule is CC(C)N1CCN2c3ncccc3C(=O)[C@@H]2C1. The van der Waals surface area contributed by atoms with Crippen LogP contribution in [0.4, 0.5) is 5.82 Å². The van der Waals surface area contributed by atoms with Crippen molar-refractivity contribution < 1.29 is 4.79 Å². The summed E-state index contributed by atoms with van der Waals surface area (Å²) in [6, 6.07) is 4.22. The summed E-state index contributed by atoms with van der Waals surface area (Å²) < 4.78 is 0. The highest BCUT2D eigenvalue weighted by Crippen LogP contribution is 2.32. The van der Waals surface area contributed by atoms with Crippen molar-refractivity contribution in [1.82, 2.24) is 9.88 Å². The number of rotatable bonds is 1. The quantitative estimate of drug-likeness (QED) is 0.727. The summed E-state index contributed by atoms with van der Waals surface area (Å²) in [5, 5.41) is 0. The van der Waals surface area contributed by atoms with Crippen LogP contribution in [0.5, 0.6) is 0 Å². The van der Waals surface area contributed by atoms with Crippen molar-refractivity contribution >= 4 is 11.6 Å². The Labute approximate surface area is 101 Å². The Morgan fingerprint density at radius 2 is 2.24 bits per heavy atom. The molecule has 2 aliphatic rings. The van der Waals surface area contributed by atoms with Gasteiger partial charge in [-0.05, 0) is 26.0 Å². The lowest BCUT2D eigenvalue weighted by Gasteiger charge is -2.39. The molecule has 17 heavy (non-hydrogen) atoms. The minimum Gasteiger partial charge on any atom is -0.343 e. The number of hydrogen-bond acceptors (Lipinski definition) is 4. The van der Waals surface area contributed by atoms with Gasteiger partial charge in [-0.3, -0.25) is 9.69 Å². The zero-order valence-corrected chi connectivity index (χ0v) is 10.3. The van der Waals surface area contributed by atoms with Crippen molar-refractivity contribution in [2.24, 2.45) is 0 Å². The molecule has 1 aromatic heterocycles. The van der Waals surface area contributed by atoms with E-state index >= 15 is 0 Å². The molecule has 0 amide bonds. The summed E-state index contributed by atoms with van der Waals surface area (Å²) in [5.74, 6) is 1.12. The van der Waals surface area contributed by atoms with Crippen LogP contribution in [0.1, 0.15) is 24.2 Å². The average Bonchev–Trinajstić information content (AvgIpc) is 2.64. The second-order valence-electron chi connectivity index (χ2n) is 5.04. The van der Waals surface area contributed by atoms with Crippen LogP contribution in [0.25, 0.3) is 0 Å². The average molecular weight is 231 g/mol. The maximum absolute atomic E-state index is 12.3. The maximum Gasteiger partial charge on any atom is 0.190 e. The molecule has 0 unspecified atom stereocenters. The van der Waals surface area contributed by atoms with Gasteiger partial charge in [0.2, 0.25) is 0 Å². The third-order valence-electron chi connectivity index (χ3n) is 3.77. The molecule has 0 radical (unpaired) electrons. The number of piperazine rings is 1. The standard InChI is InChI=1S/C13H17N3O/c1-9(2)15-6-7-16-11(8-15)12(17)10-4-3-5-14-13(10)16/h3-5,9,11H,6-8H2,1-2H3/t11-/m0/s1. The lowest BCUT2D eigenvalue weighted by atomic mass is 10.1. The molecule has 0 spiro atoms. The molecule has 0 aliphatic carbocycles. The number of fused-ring (bicyclic) bond motifs is 3. The van der Waals surface area contributed by atoms with Crippen LogP contribution in [0.15, 0.2) is 18.3 Å². The van der Waals surface area contributed by atoms with Gasteiger partial charge >= 0.3 is 0 Å². The smallest absolute Gasteiger partial charge is 0.190 e. The summed E-state index contributed by atoms with van der Waals surface area (Å²) >= 11 is 0. The molecule has 1 aromatic rings. The minimum atomic E-state index is -0.0175. The molecule has 3 heterocycles. The van der Waals surface area contributed by atoms with E-state index in [9.17, 15) is 4.79 Å². The first-order valence-corrected chi connectivity index (χ1v) is 6.18. The number of carbonyl (C=O) groups is 1. The highest BCUT2D eigenvalue weighted by molar-refractivity contribution is 6.10. The fourth-order valence-electron chi connectivity index (χ4n) is 2.75. The van der Waals surface area contributed by atoms with Gasteiger partial charge in [0.25, 0.3) is 0 Å². The molecule has 1 saturated heterocycles. The van der Waals surface area contributed by atoms with E-state index < -0.39 is 0 Å². The minimum absolute atomic E-state index is 0.0175. The number of carbonyl (C=O) groups excluding carboxylic acids is 1. The van der Waals surface area contributed by atoms with Gasteiger partial charge in [-0.1, -0.05) is 0 Å². The van der Waals surface area contributed by atoms with Crippen LogP contribution in [0, 0.1) is 0 Å². The number of ketones is 1. The summed E-state index contributed by atoms with van der Waals surface area (Å²) in [6.45, 7) is 7.10. The number of nitrogens with zero attached hydrogens (tertiary/aromatic N) is 3. The Morgan fingerprint density at radius 3 is 3.00 bits per heavy atom. The van der Waals surface area contributed by atoms with Crippen LogP contribution in [0.2, 0.25) is 0 Å². The molecule has 4 heteroatoms. The Hall–Kier alpha value is -1.42. The Bertz CT molecular complexity index is 458. The molecule has 3 rings (SSSR count). The van der Waals surface area contributed by atoms with Crippen molar-refractivity contribution in [2.45, 2.75) is 25.9 Å². The third kappa shape index (κ3) is 1.55. The predicted molar refractivity (Wildman–Crippen MR) is 66.4 cm³/mol. The fraction of sp³-hybridized carbons (Fsp3) is 0.538. The Morgan fingerprint density at radius 1 is 1.41 bits per heavy atom. The van der Waals surface area contributed by atoms with Crippen LogP contribution in [-0.2, 0) is 0 Å². The van der Waals surface area contributed by atoms with Gasteiger partial charge in [0.05, 0.1) is 5.56 Å². The summed E-state index contributed by atoms with van der Waals surface area (Å²) in [5.41, 5.74) is 0.795. The number of pyridine rings is 1. The molecule has 0 saturated carbocycles. The van der Waals surface area contributed by atoms with Gasteiger partial charge in [0.15, 0.2) is 5.78 Å². The molecular weight excluding hydrogens is 214 g/mol. The lowest BCUT2D eigenvalue weighted by Crippen LogP contribution is -2.55. The van der Waals surface area contributed by atoms with Crippen LogP contribution < -0.4 is 4.90 Å². The van der Waals surface area contributed by atoms with Crippen molar-refractivity contribution in [2.75, 3.05) is 24.5 Å². The van der Waals surface area contributed by atoms with E-state index in [1.165, 1.54) is 0 Å². The second-order valence-corrected chi connectivity index (χ2v) is 5.04. The molecule has 0 bridgehead atoms. The first kappa shape index (κ1) is 10.7. The Kier molecular flexibility index (Phi) is 2.40. The van der Waals surface area contributed by atoms with Crippen LogP contribution in [-0.4, -0.2) is 47.4 Å². The van der Waals surface area contributed by atoms with Gasteiger partial charge in [0, 0.05) is 31.9 Å². The highest BCUT2D eigenvalue weighted by atomic mass is 16.1. The van der Waals surface area contributed by atoms with Gasteiger partial charge in [-0.25, -0.2) is 4.98 Å². The monoisotopic (exact) mass is 231 g/mol. The van der Waals surface area contributed by atoms with Gasteiger partial charge in [-0.15, -0.1) is 0 Å². The Balaban J connectivity index is 1.92. The van der Waals surface area contributed by atoms with E-state index in [0.29, 0.717) is 6.04 Å². The number of Topliss-reactive ketones (excluding diaryl/α,β-unsaturated/α-hetero) is 1.